The summed E-state index contributed by atoms with van der Waals surface area (Å²) in [5.74, 6) is 1.04. The Labute approximate surface area is 340 Å². The van der Waals surface area contributed by atoms with E-state index in [-0.39, 0.29) is 58.0 Å². The van der Waals surface area contributed by atoms with Crippen LogP contribution in [-0.2, 0) is 52.1 Å². The molecule has 0 N–H and O–H groups in total. The minimum atomic E-state index is -0.533. The van der Waals surface area contributed by atoms with E-state index in [1.54, 1.807) is 39.6 Å². The second-order valence-electron chi connectivity index (χ2n) is 20.5. The molecule has 0 bridgehead atoms. The number of rotatable bonds is 14. The van der Waals surface area contributed by atoms with Crippen LogP contribution in [0.1, 0.15) is 117 Å². The predicted molar refractivity (Wildman–Crippen MR) is 209 cm³/mol. The van der Waals surface area contributed by atoms with Gasteiger partial charge < -0.3 is 52.1 Å². The molecule has 0 radical (unpaired) electrons. The van der Waals surface area contributed by atoms with Crippen molar-refractivity contribution in [3.8, 4) is 0 Å². The van der Waals surface area contributed by atoms with Crippen molar-refractivity contribution in [2.75, 3.05) is 69.5 Å². The molecule has 0 aromatic heterocycles. The highest BCUT2D eigenvalue weighted by atomic mass is 16.7. The summed E-state index contributed by atoms with van der Waals surface area (Å²) in [5.41, 5.74) is 1.76. The van der Waals surface area contributed by atoms with Crippen LogP contribution in [0.5, 0.6) is 0 Å². The third-order valence-electron chi connectivity index (χ3n) is 19.6. The van der Waals surface area contributed by atoms with Gasteiger partial charge in [-0.2, -0.15) is 0 Å². The maximum atomic E-state index is 6.81. The number of allylic oxidation sites excluding steroid dienone is 2. The fourth-order valence-corrected chi connectivity index (χ4v) is 16.0. The average Bonchev–Trinajstić information content (AvgIpc) is 4.05. The minimum Gasteiger partial charge on any atom is -0.375 e. The summed E-state index contributed by atoms with van der Waals surface area (Å²) < 4.78 is 68.9. The molecular formula is C46H70O11. The molecule has 0 amide bonds. The van der Waals surface area contributed by atoms with Gasteiger partial charge in [-0.1, -0.05) is 26.0 Å². The molecule has 0 aromatic rings. The van der Waals surface area contributed by atoms with E-state index in [1.807, 2.05) is 14.2 Å². The lowest BCUT2D eigenvalue weighted by atomic mass is 9.53. The van der Waals surface area contributed by atoms with E-state index < -0.39 is 11.6 Å². The lowest BCUT2D eigenvalue weighted by Crippen LogP contribution is -2.56. The van der Waals surface area contributed by atoms with Gasteiger partial charge in [0.1, 0.15) is 36.0 Å². The van der Waals surface area contributed by atoms with Crippen molar-refractivity contribution in [1.29, 1.82) is 0 Å². The first-order chi connectivity index (χ1) is 27.4. The molecule has 11 heteroatoms. The Balaban J connectivity index is 0.737. The van der Waals surface area contributed by atoms with E-state index >= 15 is 0 Å². The Kier molecular flexibility index (Phi) is 9.35. The molecule has 2 saturated heterocycles. The fraction of sp³-hybridized carbons (Fsp3) is 0.913. The van der Waals surface area contributed by atoms with Crippen LogP contribution in [0, 0.1) is 34.5 Å². The van der Waals surface area contributed by atoms with Gasteiger partial charge in [0.05, 0.1) is 24.4 Å². The van der Waals surface area contributed by atoms with Gasteiger partial charge in [0.2, 0.25) is 0 Å². The number of methoxy groups -OCH3 is 6. The Hall–Kier alpha value is -0.960. The number of hydrogen-bond donors (Lipinski definition) is 0. The second-order valence-corrected chi connectivity index (χ2v) is 20.5. The highest BCUT2D eigenvalue weighted by Gasteiger charge is 2.81. The zero-order valence-corrected chi connectivity index (χ0v) is 36.1. The summed E-state index contributed by atoms with van der Waals surface area (Å²) in [4.78, 5) is 0. The quantitative estimate of drug-likeness (QED) is 0.0760. The van der Waals surface area contributed by atoms with E-state index in [1.165, 1.54) is 0 Å². The van der Waals surface area contributed by atoms with Crippen LogP contribution in [0.4, 0.5) is 0 Å². The Bertz CT molecular complexity index is 1540. The molecule has 0 aromatic carbocycles. The van der Waals surface area contributed by atoms with Crippen LogP contribution in [0.3, 0.4) is 0 Å². The van der Waals surface area contributed by atoms with Crippen molar-refractivity contribution in [2.45, 2.75) is 162 Å². The van der Waals surface area contributed by atoms with Crippen molar-refractivity contribution in [3.05, 3.63) is 23.3 Å². The molecule has 8 fully saturated rings. The van der Waals surface area contributed by atoms with Crippen LogP contribution in [0.2, 0.25) is 0 Å². The molecule has 11 nitrogen and oxygen atoms in total. The molecule has 10 rings (SSSR count). The van der Waals surface area contributed by atoms with Gasteiger partial charge in [-0.25, -0.2) is 0 Å². The van der Waals surface area contributed by atoms with Gasteiger partial charge in [-0.15, -0.1) is 0 Å². The molecule has 10 aliphatic rings. The van der Waals surface area contributed by atoms with E-state index in [9.17, 15) is 0 Å². The topological polar surface area (TPSA) is 108 Å². The van der Waals surface area contributed by atoms with E-state index in [2.05, 4.69) is 26.0 Å². The second kappa shape index (κ2) is 13.3. The fourth-order valence-electron chi connectivity index (χ4n) is 16.0. The third-order valence-corrected chi connectivity index (χ3v) is 19.6. The first-order valence-corrected chi connectivity index (χ1v) is 22.2. The average molecular weight is 799 g/mol. The molecule has 10 unspecified atom stereocenters. The van der Waals surface area contributed by atoms with Gasteiger partial charge in [0.15, 0.2) is 11.6 Å². The summed E-state index contributed by atoms with van der Waals surface area (Å²) in [6, 6.07) is 0. The lowest BCUT2D eigenvalue weighted by Gasteiger charge is -2.53. The van der Waals surface area contributed by atoms with Crippen molar-refractivity contribution in [1.82, 2.24) is 0 Å². The maximum absolute atomic E-state index is 6.81. The summed E-state index contributed by atoms with van der Waals surface area (Å²) in [6.45, 7) is 6.23. The summed E-state index contributed by atoms with van der Waals surface area (Å²) in [5, 5.41) is 0. The lowest BCUT2D eigenvalue weighted by molar-refractivity contribution is -0.230. The standard InChI is InChI=1S/C46H70O11/c1-37-15-11-35-31(9-17-39-25-43(49-5,50-6)21-23-45(35,39)56-39)33(37)13-19-41(37,47-3)27-53-29-55-30-54-28-42(48-4)20-14-34-32-10-18-40-26-44(51-7,52-8)22-24-46(40,57-40)36(32)12-16-38(34,42)2/h11-12,31-34H,9-10,13-30H2,1-8H3/t31?,32?,33?,34?,37-,38-,39?,40?,41?,42?,45?,46?/m0/s1. The van der Waals surface area contributed by atoms with Crippen LogP contribution in [0.15, 0.2) is 23.3 Å². The highest BCUT2D eigenvalue weighted by molar-refractivity contribution is 5.45. The summed E-state index contributed by atoms with van der Waals surface area (Å²) in [7, 11) is 10.8. The Morgan fingerprint density at radius 3 is 1.32 bits per heavy atom. The SMILES string of the molecule is COC1(OC)CCC23OC2(CCC2C3=CC[C@@]3(C)C2CCC3(COCOCOCC2(OC)CCC3C4CCC56CC(OC)(OC)CCC5(O6)C4=CC[C@@]32C)OC)C1. The van der Waals surface area contributed by atoms with E-state index in [0.29, 0.717) is 36.9 Å². The first kappa shape index (κ1) is 40.1. The highest BCUT2D eigenvalue weighted by Crippen LogP contribution is 2.76. The molecule has 0 spiro atoms. The summed E-state index contributed by atoms with van der Waals surface area (Å²) in [6.07, 6.45) is 20.9. The third kappa shape index (κ3) is 5.05. The molecule has 12 atom stereocenters. The normalized spacial score (nSPS) is 50.5. The largest absolute Gasteiger partial charge is 0.375 e. The first-order valence-electron chi connectivity index (χ1n) is 22.2. The van der Waals surface area contributed by atoms with Gasteiger partial charge in [0, 0.05) is 79.2 Å². The van der Waals surface area contributed by atoms with Crippen LogP contribution in [0.25, 0.3) is 0 Å². The number of fused-ring (bicyclic) bond motifs is 6. The monoisotopic (exact) mass is 798 g/mol. The number of hydrogen-bond acceptors (Lipinski definition) is 11. The predicted octanol–water partition coefficient (Wildman–Crippen LogP) is 7.40. The Morgan fingerprint density at radius 2 is 0.930 bits per heavy atom. The van der Waals surface area contributed by atoms with Crippen molar-refractivity contribution in [3.63, 3.8) is 0 Å². The van der Waals surface area contributed by atoms with Crippen molar-refractivity contribution >= 4 is 0 Å². The maximum Gasteiger partial charge on any atom is 0.170 e. The van der Waals surface area contributed by atoms with Crippen LogP contribution >= 0.6 is 0 Å². The molecule has 6 saturated carbocycles. The molecular weight excluding hydrogens is 728 g/mol. The zero-order valence-electron chi connectivity index (χ0n) is 36.1. The van der Waals surface area contributed by atoms with Gasteiger partial charge in [-0.3, -0.25) is 0 Å². The van der Waals surface area contributed by atoms with Gasteiger partial charge in [0.25, 0.3) is 0 Å². The minimum absolute atomic E-state index is 0.0243. The van der Waals surface area contributed by atoms with E-state index in [4.69, 9.17) is 52.1 Å². The molecule has 8 aliphatic carbocycles. The van der Waals surface area contributed by atoms with Gasteiger partial charge >= 0.3 is 0 Å². The molecule has 2 heterocycles. The van der Waals surface area contributed by atoms with E-state index in [0.717, 1.165) is 103 Å². The number of epoxide rings is 2. The molecule has 57 heavy (non-hydrogen) atoms. The van der Waals surface area contributed by atoms with Crippen LogP contribution < -0.4 is 0 Å². The van der Waals surface area contributed by atoms with Gasteiger partial charge in [-0.05, 0) is 112 Å². The van der Waals surface area contributed by atoms with Crippen LogP contribution in [-0.4, -0.2) is 115 Å². The van der Waals surface area contributed by atoms with Crippen molar-refractivity contribution < 1.29 is 52.1 Å². The summed E-state index contributed by atoms with van der Waals surface area (Å²) >= 11 is 0. The smallest absolute Gasteiger partial charge is 0.170 e. The zero-order chi connectivity index (χ0) is 39.8. The Morgan fingerprint density at radius 1 is 0.509 bits per heavy atom. The number of ether oxygens (including phenoxy) is 11. The molecule has 2 aliphatic heterocycles. The molecule has 320 valence electrons. The van der Waals surface area contributed by atoms with Crippen molar-refractivity contribution in [2.24, 2.45) is 34.5 Å².